The van der Waals surface area contributed by atoms with Gasteiger partial charge in [0.2, 0.25) is 0 Å². The standard InChI is InChI=1S/C10H16O/c1-8(2)9(3)10-5-4-6-11-7-10/h1,4-7H2,2-3H3/b10-9+. The first-order chi connectivity index (χ1) is 5.22. The molecule has 0 saturated carbocycles. The second-order valence-electron chi connectivity index (χ2n) is 3.17. The summed E-state index contributed by atoms with van der Waals surface area (Å²) in [6.45, 7) is 9.84. The van der Waals surface area contributed by atoms with E-state index in [1.807, 2.05) is 0 Å². The molecule has 0 N–H and O–H groups in total. The topological polar surface area (TPSA) is 9.23 Å². The molecule has 0 spiro atoms. The van der Waals surface area contributed by atoms with Gasteiger partial charge in [0.1, 0.15) is 0 Å². The lowest BCUT2D eigenvalue weighted by Gasteiger charge is -2.17. The zero-order valence-electron chi connectivity index (χ0n) is 7.44. The molecule has 0 radical (unpaired) electrons. The Morgan fingerprint density at radius 1 is 1.45 bits per heavy atom. The number of rotatable bonds is 1. The number of hydrogen-bond donors (Lipinski definition) is 0. The minimum Gasteiger partial charge on any atom is -0.377 e. The first-order valence-corrected chi connectivity index (χ1v) is 4.14. The molecule has 0 aromatic carbocycles. The molecule has 0 amide bonds. The summed E-state index contributed by atoms with van der Waals surface area (Å²) in [5, 5.41) is 0. The van der Waals surface area contributed by atoms with Crippen LogP contribution >= 0.6 is 0 Å². The van der Waals surface area contributed by atoms with Crippen LogP contribution in [0.15, 0.2) is 23.3 Å². The van der Waals surface area contributed by atoms with Crippen LogP contribution in [0.4, 0.5) is 0 Å². The van der Waals surface area contributed by atoms with Crippen molar-refractivity contribution in [2.75, 3.05) is 13.2 Å². The zero-order chi connectivity index (χ0) is 8.27. The van der Waals surface area contributed by atoms with Crippen LogP contribution in [0.25, 0.3) is 0 Å². The van der Waals surface area contributed by atoms with Crippen LogP contribution in [0, 0.1) is 0 Å². The van der Waals surface area contributed by atoms with Gasteiger partial charge in [-0.25, -0.2) is 0 Å². The van der Waals surface area contributed by atoms with Gasteiger partial charge in [-0.15, -0.1) is 0 Å². The van der Waals surface area contributed by atoms with Gasteiger partial charge in [0.05, 0.1) is 6.61 Å². The largest absolute Gasteiger partial charge is 0.377 e. The van der Waals surface area contributed by atoms with Gasteiger partial charge in [-0.05, 0) is 37.8 Å². The molecule has 0 atom stereocenters. The smallest absolute Gasteiger partial charge is 0.0682 e. The third kappa shape index (κ3) is 2.19. The molecule has 1 heterocycles. The molecular weight excluding hydrogens is 136 g/mol. The van der Waals surface area contributed by atoms with Crippen LogP contribution in [0.3, 0.4) is 0 Å². The van der Waals surface area contributed by atoms with Crippen molar-refractivity contribution < 1.29 is 4.74 Å². The Morgan fingerprint density at radius 2 is 2.18 bits per heavy atom. The van der Waals surface area contributed by atoms with Crippen molar-refractivity contribution in [1.29, 1.82) is 0 Å². The normalized spacial score (nSPS) is 23.1. The maximum atomic E-state index is 5.35. The molecule has 1 heteroatoms. The summed E-state index contributed by atoms with van der Waals surface area (Å²) in [7, 11) is 0. The van der Waals surface area contributed by atoms with Gasteiger partial charge in [-0.3, -0.25) is 0 Å². The van der Waals surface area contributed by atoms with Crippen LogP contribution in [0.5, 0.6) is 0 Å². The minimum atomic E-state index is 0.818. The molecule has 0 unspecified atom stereocenters. The van der Waals surface area contributed by atoms with E-state index in [1.54, 1.807) is 0 Å². The summed E-state index contributed by atoms with van der Waals surface area (Å²) in [6.07, 6.45) is 2.36. The van der Waals surface area contributed by atoms with E-state index in [-0.39, 0.29) is 0 Å². The highest BCUT2D eigenvalue weighted by molar-refractivity contribution is 5.30. The maximum absolute atomic E-state index is 5.35. The molecule has 0 aromatic rings. The third-order valence-electron chi connectivity index (χ3n) is 2.21. The number of ether oxygens (including phenoxy) is 1. The highest BCUT2D eigenvalue weighted by Crippen LogP contribution is 2.20. The lowest BCUT2D eigenvalue weighted by Crippen LogP contribution is -2.09. The molecule has 62 valence electrons. The summed E-state index contributed by atoms with van der Waals surface area (Å²) in [4.78, 5) is 0. The Morgan fingerprint density at radius 3 is 2.64 bits per heavy atom. The van der Waals surface area contributed by atoms with Crippen LogP contribution in [0.1, 0.15) is 26.7 Å². The van der Waals surface area contributed by atoms with E-state index in [9.17, 15) is 0 Å². The average Bonchev–Trinajstić information content (AvgIpc) is 2.05. The molecule has 0 bridgehead atoms. The van der Waals surface area contributed by atoms with Crippen molar-refractivity contribution in [3.05, 3.63) is 23.3 Å². The van der Waals surface area contributed by atoms with Gasteiger partial charge < -0.3 is 4.74 Å². The first-order valence-electron chi connectivity index (χ1n) is 4.14. The van der Waals surface area contributed by atoms with Gasteiger partial charge in [-0.1, -0.05) is 12.2 Å². The molecule has 1 nitrogen and oxygen atoms in total. The second kappa shape index (κ2) is 3.72. The van der Waals surface area contributed by atoms with Gasteiger partial charge in [0.25, 0.3) is 0 Å². The second-order valence-corrected chi connectivity index (χ2v) is 3.17. The Balaban J connectivity index is 2.68. The maximum Gasteiger partial charge on any atom is 0.0682 e. The van der Waals surface area contributed by atoms with Crippen molar-refractivity contribution in [3.8, 4) is 0 Å². The Hall–Kier alpha value is -0.560. The molecule has 11 heavy (non-hydrogen) atoms. The summed E-state index contributed by atoms with van der Waals surface area (Å²) < 4.78 is 5.35. The molecule has 1 fully saturated rings. The predicted molar refractivity (Wildman–Crippen MR) is 47.6 cm³/mol. The van der Waals surface area contributed by atoms with Crippen molar-refractivity contribution >= 4 is 0 Å². The summed E-state index contributed by atoms with van der Waals surface area (Å²) >= 11 is 0. The van der Waals surface area contributed by atoms with Crippen molar-refractivity contribution in [2.45, 2.75) is 26.7 Å². The fourth-order valence-electron chi connectivity index (χ4n) is 1.25. The zero-order valence-corrected chi connectivity index (χ0v) is 7.44. The van der Waals surface area contributed by atoms with Gasteiger partial charge >= 0.3 is 0 Å². The lowest BCUT2D eigenvalue weighted by atomic mass is 9.99. The minimum absolute atomic E-state index is 0.818. The van der Waals surface area contributed by atoms with Gasteiger partial charge in [0.15, 0.2) is 0 Å². The predicted octanol–water partition coefficient (Wildman–Crippen LogP) is 2.69. The molecule has 0 aliphatic carbocycles. The molecule has 1 aliphatic heterocycles. The monoisotopic (exact) mass is 152 g/mol. The third-order valence-corrected chi connectivity index (χ3v) is 2.21. The highest BCUT2D eigenvalue weighted by atomic mass is 16.5. The van der Waals surface area contributed by atoms with Crippen LogP contribution in [-0.4, -0.2) is 13.2 Å². The first kappa shape index (κ1) is 8.54. The Bertz CT molecular complexity index is 181. The molecule has 0 aromatic heterocycles. The molecule has 1 saturated heterocycles. The Kier molecular flexibility index (Phi) is 2.89. The number of hydrogen-bond acceptors (Lipinski definition) is 1. The fourth-order valence-corrected chi connectivity index (χ4v) is 1.25. The van der Waals surface area contributed by atoms with Crippen LogP contribution in [-0.2, 0) is 4.74 Å². The summed E-state index contributed by atoms with van der Waals surface area (Å²) in [5.41, 5.74) is 3.94. The van der Waals surface area contributed by atoms with Crippen molar-refractivity contribution in [1.82, 2.24) is 0 Å². The van der Waals surface area contributed by atoms with Crippen LogP contribution < -0.4 is 0 Å². The fraction of sp³-hybridized carbons (Fsp3) is 0.600. The molecule has 1 aliphatic rings. The lowest BCUT2D eigenvalue weighted by molar-refractivity contribution is 0.129. The molecule has 1 rings (SSSR count). The van der Waals surface area contributed by atoms with Gasteiger partial charge in [0, 0.05) is 6.61 Å². The van der Waals surface area contributed by atoms with Crippen LogP contribution in [0.2, 0.25) is 0 Å². The molecular formula is C10H16O. The average molecular weight is 152 g/mol. The van der Waals surface area contributed by atoms with Crippen molar-refractivity contribution in [2.24, 2.45) is 0 Å². The van der Waals surface area contributed by atoms with E-state index in [1.165, 1.54) is 29.6 Å². The van der Waals surface area contributed by atoms with E-state index >= 15 is 0 Å². The summed E-state index contributed by atoms with van der Waals surface area (Å²) in [5.74, 6) is 0. The van der Waals surface area contributed by atoms with Crippen molar-refractivity contribution in [3.63, 3.8) is 0 Å². The van der Waals surface area contributed by atoms with E-state index in [4.69, 9.17) is 4.74 Å². The quantitative estimate of drug-likeness (QED) is 0.561. The van der Waals surface area contributed by atoms with E-state index < -0.39 is 0 Å². The SMILES string of the molecule is C=C(C)/C(C)=C1\CCCOC1. The highest BCUT2D eigenvalue weighted by Gasteiger charge is 2.08. The van der Waals surface area contributed by atoms with E-state index in [2.05, 4.69) is 20.4 Å². The Labute approximate surface area is 68.8 Å². The van der Waals surface area contributed by atoms with E-state index in [0.29, 0.717) is 0 Å². The van der Waals surface area contributed by atoms with E-state index in [0.717, 1.165) is 13.2 Å². The number of allylic oxidation sites excluding steroid dienone is 2. The van der Waals surface area contributed by atoms with Gasteiger partial charge in [-0.2, -0.15) is 0 Å². The summed E-state index contributed by atoms with van der Waals surface area (Å²) in [6, 6.07) is 0.